The fourth-order valence-corrected chi connectivity index (χ4v) is 1.03. The predicted octanol–water partition coefficient (Wildman–Crippen LogP) is 2.58. The third-order valence-corrected chi connectivity index (χ3v) is 1.90. The van der Waals surface area contributed by atoms with Crippen LogP contribution >= 0.6 is 11.6 Å². The first-order valence-electron chi connectivity index (χ1n) is 4.45. The predicted molar refractivity (Wildman–Crippen MR) is 56.6 cm³/mol. The van der Waals surface area contributed by atoms with Gasteiger partial charge in [0, 0.05) is 11.2 Å². The summed E-state index contributed by atoms with van der Waals surface area (Å²) in [5.41, 5.74) is -1.02. The lowest BCUT2D eigenvalue weighted by atomic mass is 10.2. The molecule has 0 spiro atoms. The number of pyridine rings is 1. The molecule has 1 heterocycles. The maximum absolute atomic E-state index is 12.2. The molecule has 0 radical (unpaired) electrons. The van der Waals surface area contributed by atoms with E-state index in [1.807, 2.05) is 0 Å². The number of hydrogen-bond acceptors (Lipinski definition) is 2. The van der Waals surface area contributed by atoms with Crippen LogP contribution in [-0.4, -0.2) is 17.4 Å². The van der Waals surface area contributed by atoms with Crippen LogP contribution in [0.4, 0.5) is 13.2 Å². The summed E-state index contributed by atoms with van der Waals surface area (Å²) < 4.78 is 36.6. The van der Waals surface area contributed by atoms with Crippen molar-refractivity contribution in [3.05, 3.63) is 41.2 Å². The van der Waals surface area contributed by atoms with E-state index >= 15 is 0 Å². The van der Waals surface area contributed by atoms with Crippen molar-refractivity contribution < 1.29 is 18.0 Å². The first-order chi connectivity index (χ1) is 7.80. The summed E-state index contributed by atoms with van der Waals surface area (Å²) in [6.07, 6.45) is -3.86. The van der Waals surface area contributed by atoms with Crippen LogP contribution in [0.2, 0.25) is 0 Å². The molecule has 0 saturated carbocycles. The van der Waals surface area contributed by atoms with Crippen LogP contribution in [0.15, 0.2) is 29.9 Å². The van der Waals surface area contributed by atoms with Gasteiger partial charge in [-0.1, -0.05) is 18.2 Å². The molecule has 1 rings (SSSR count). The fraction of sp³-hybridized carbons (Fsp3) is 0.200. The van der Waals surface area contributed by atoms with Gasteiger partial charge in [0.25, 0.3) is 5.91 Å². The van der Waals surface area contributed by atoms with E-state index in [0.717, 1.165) is 12.1 Å². The van der Waals surface area contributed by atoms with Crippen molar-refractivity contribution in [2.75, 3.05) is 6.54 Å². The highest BCUT2D eigenvalue weighted by atomic mass is 35.5. The zero-order valence-electron chi connectivity index (χ0n) is 8.51. The van der Waals surface area contributed by atoms with Crippen molar-refractivity contribution in [1.82, 2.24) is 10.3 Å². The van der Waals surface area contributed by atoms with Gasteiger partial charge in [-0.15, -0.1) is 0 Å². The Bertz CT molecular complexity index is 428. The zero-order valence-corrected chi connectivity index (χ0v) is 9.27. The van der Waals surface area contributed by atoms with Gasteiger partial charge in [-0.25, -0.2) is 0 Å². The van der Waals surface area contributed by atoms with Gasteiger partial charge < -0.3 is 5.32 Å². The Hall–Kier alpha value is -1.56. The molecule has 0 atom stereocenters. The summed E-state index contributed by atoms with van der Waals surface area (Å²) in [6, 6.07) is 1.78. The molecule has 0 fully saturated rings. The van der Waals surface area contributed by atoms with E-state index in [2.05, 4.69) is 16.9 Å². The van der Waals surface area contributed by atoms with E-state index in [9.17, 15) is 18.0 Å². The molecule has 1 N–H and O–H groups in total. The molecule has 3 nitrogen and oxygen atoms in total. The lowest BCUT2D eigenvalue weighted by Gasteiger charge is -2.07. The van der Waals surface area contributed by atoms with Crippen LogP contribution in [-0.2, 0) is 6.18 Å². The van der Waals surface area contributed by atoms with E-state index in [0.29, 0.717) is 6.20 Å². The quantitative estimate of drug-likeness (QED) is 0.912. The molecule has 0 saturated heterocycles. The summed E-state index contributed by atoms with van der Waals surface area (Å²) in [6.45, 7) is 3.38. The highest BCUT2D eigenvalue weighted by molar-refractivity contribution is 6.29. The Balaban J connectivity index is 2.74. The monoisotopic (exact) mass is 264 g/mol. The minimum absolute atomic E-state index is 0.0308. The van der Waals surface area contributed by atoms with Crippen LogP contribution in [0.5, 0.6) is 0 Å². The van der Waals surface area contributed by atoms with Gasteiger partial charge in [-0.05, 0) is 12.1 Å². The highest BCUT2D eigenvalue weighted by Crippen LogP contribution is 2.28. The third kappa shape index (κ3) is 4.07. The smallest absolute Gasteiger partial charge is 0.346 e. The number of amides is 1. The summed E-state index contributed by atoms with van der Waals surface area (Å²) in [7, 11) is 0. The van der Waals surface area contributed by atoms with Crippen molar-refractivity contribution in [2.24, 2.45) is 0 Å². The highest BCUT2D eigenvalue weighted by Gasteiger charge is 2.30. The summed E-state index contributed by atoms with van der Waals surface area (Å²) in [4.78, 5) is 14.8. The topological polar surface area (TPSA) is 42.0 Å². The number of nitrogens with zero attached hydrogens (tertiary/aromatic N) is 1. The molecular weight excluding hydrogens is 257 g/mol. The first kappa shape index (κ1) is 13.5. The van der Waals surface area contributed by atoms with Gasteiger partial charge in [0.15, 0.2) is 0 Å². The number of rotatable bonds is 3. The number of halogens is 4. The van der Waals surface area contributed by atoms with Crippen LogP contribution in [0.3, 0.4) is 0 Å². The van der Waals surface area contributed by atoms with Crippen molar-refractivity contribution in [2.45, 2.75) is 6.18 Å². The molecule has 0 aliphatic heterocycles. The Morgan fingerprint density at radius 2 is 2.12 bits per heavy atom. The summed E-state index contributed by atoms with van der Waals surface area (Å²) in [5, 5.41) is 2.56. The van der Waals surface area contributed by atoms with Gasteiger partial charge in [0.05, 0.1) is 12.1 Å². The van der Waals surface area contributed by atoms with Gasteiger partial charge in [-0.3, -0.25) is 9.78 Å². The Morgan fingerprint density at radius 3 is 2.53 bits per heavy atom. The molecule has 7 heteroatoms. The maximum atomic E-state index is 12.2. The van der Waals surface area contributed by atoms with E-state index in [-0.39, 0.29) is 17.3 Å². The van der Waals surface area contributed by atoms with Gasteiger partial charge in [-0.2, -0.15) is 13.2 Å². The standard InChI is InChI=1S/C10H8ClF3N2O/c1-6(11)4-16-9(17)8-3-2-7(5-15-8)10(12,13)14/h2-3,5H,1,4H2,(H,16,17). The van der Waals surface area contributed by atoms with Crippen molar-refractivity contribution in [1.29, 1.82) is 0 Å². The Morgan fingerprint density at radius 1 is 1.47 bits per heavy atom. The molecule has 0 unspecified atom stereocenters. The molecule has 0 bridgehead atoms. The van der Waals surface area contributed by atoms with Crippen molar-refractivity contribution in [3.8, 4) is 0 Å². The molecule has 0 aliphatic rings. The van der Waals surface area contributed by atoms with E-state index in [4.69, 9.17) is 11.6 Å². The molecule has 1 aromatic heterocycles. The van der Waals surface area contributed by atoms with Gasteiger partial charge in [0.2, 0.25) is 0 Å². The van der Waals surface area contributed by atoms with Crippen LogP contribution in [0.1, 0.15) is 16.1 Å². The average molecular weight is 265 g/mol. The average Bonchev–Trinajstić information content (AvgIpc) is 2.25. The molecule has 0 aromatic carbocycles. The van der Waals surface area contributed by atoms with Crippen molar-refractivity contribution >= 4 is 17.5 Å². The van der Waals surface area contributed by atoms with E-state index in [1.165, 1.54) is 0 Å². The lowest BCUT2D eigenvalue weighted by molar-refractivity contribution is -0.137. The minimum Gasteiger partial charge on any atom is -0.346 e. The summed E-state index contributed by atoms with van der Waals surface area (Å²) in [5.74, 6) is -0.611. The number of carbonyl (C=O) groups is 1. The maximum Gasteiger partial charge on any atom is 0.417 e. The van der Waals surface area contributed by atoms with Crippen LogP contribution in [0.25, 0.3) is 0 Å². The number of nitrogens with one attached hydrogen (secondary N) is 1. The van der Waals surface area contributed by atoms with Crippen LogP contribution in [0, 0.1) is 0 Å². The second-order valence-corrected chi connectivity index (χ2v) is 3.66. The third-order valence-electron chi connectivity index (χ3n) is 1.76. The van der Waals surface area contributed by atoms with Crippen molar-refractivity contribution in [3.63, 3.8) is 0 Å². The SMILES string of the molecule is C=C(Cl)CNC(=O)c1ccc(C(F)(F)F)cn1. The summed E-state index contributed by atoms with van der Waals surface area (Å²) >= 11 is 5.42. The second-order valence-electron chi connectivity index (χ2n) is 3.13. The Kier molecular flexibility index (Phi) is 4.11. The fourth-order valence-electron chi connectivity index (χ4n) is 0.963. The number of aromatic nitrogens is 1. The number of hydrogen-bond donors (Lipinski definition) is 1. The normalized spacial score (nSPS) is 11.1. The van der Waals surface area contributed by atoms with E-state index < -0.39 is 17.6 Å². The van der Waals surface area contributed by atoms with E-state index in [1.54, 1.807) is 0 Å². The molecule has 92 valence electrons. The Labute approximate surface area is 100 Å². The second kappa shape index (κ2) is 5.18. The van der Waals surface area contributed by atoms with Gasteiger partial charge in [0.1, 0.15) is 5.69 Å². The molecule has 1 amide bonds. The lowest BCUT2D eigenvalue weighted by Crippen LogP contribution is -2.25. The van der Waals surface area contributed by atoms with Gasteiger partial charge >= 0.3 is 6.18 Å². The molecule has 1 aromatic rings. The first-order valence-corrected chi connectivity index (χ1v) is 4.83. The number of carbonyl (C=O) groups excluding carboxylic acids is 1. The largest absolute Gasteiger partial charge is 0.417 e. The molecule has 0 aliphatic carbocycles. The zero-order chi connectivity index (χ0) is 13.1. The number of alkyl halides is 3. The minimum atomic E-state index is -4.47. The molecular formula is C10H8ClF3N2O. The van der Waals surface area contributed by atoms with Crippen LogP contribution < -0.4 is 5.32 Å². The molecule has 17 heavy (non-hydrogen) atoms.